The number of carbonyl (C=O) groups excluding carboxylic acids is 1. The number of hydrogen-bond donors (Lipinski definition) is 2. The van der Waals surface area contributed by atoms with E-state index in [9.17, 15) is 14.9 Å². The lowest BCUT2D eigenvalue weighted by Crippen LogP contribution is -2.41. The smallest absolute Gasteiger partial charge is 0.293 e. The van der Waals surface area contributed by atoms with Crippen LogP contribution in [0.25, 0.3) is 0 Å². The number of benzene rings is 1. The predicted octanol–water partition coefficient (Wildman–Crippen LogP) is 2.56. The minimum absolute atomic E-state index is 0. The summed E-state index contributed by atoms with van der Waals surface area (Å²) in [5.74, 6) is -0.161. The first-order valence-electron chi connectivity index (χ1n) is 9.24. The fourth-order valence-corrected chi connectivity index (χ4v) is 3.13. The monoisotopic (exact) mass is 398 g/mol. The SMILES string of the molecule is Cl.NCCCOC1CCN(C(=O)c2ccc(NC3CC3)c([N+](=O)[O-])c2)CC1. The molecule has 9 heteroatoms. The Balaban J connectivity index is 0.00000261. The molecule has 0 spiro atoms. The highest BCUT2D eigenvalue weighted by Gasteiger charge is 2.28. The molecule has 1 aromatic carbocycles. The van der Waals surface area contributed by atoms with Gasteiger partial charge in [-0.3, -0.25) is 14.9 Å². The molecular formula is C18H27ClN4O4. The van der Waals surface area contributed by atoms with Crippen molar-refractivity contribution in [2.24, 2.45) is 5.73 Å². The van der Waals surface area contributed by atoms with Crippen LogP contribution in [0.1, 0.15) is 42.5 Å². The van der Waals surface area contributed by atoms with Gasteiger partial charge in [-0.25, -0.2) is 0 Å². The Bertz CT molecular complexity index is 661. The maximum Gasteiger partial charge on any atom is 0.293 e. The van der Waals surface area contributed by atoms with Crippen LogP contribution in [0.3, 0.4) is 0 Å². The lowest BCUT2D eigenvalue weighted by molar-refractivity contribution is -0.384. The maximum absolute atomic E-state index is 12.7. The van der Waals surface area contributed by atoms with Gasteiger partial charge in [0.1, 0.15) is 5.69 Å². The van der Waals surface area contributed by atoms with Crippen molar-refractivity contribution >= 4 is 29.7 Å². The van der Waals surface area contributed by atoms with Crippen LogP contribution in [-0.2, 0) is 4.74 Å². The highest BCUT2D eigenvalue weighted by Crippen LogP contribution is 2.32. The molecule has 3 rings (SSSR count). The normalized spacial score (nSPS) is 17.3. The van der Waals surface area contributed by atoms with E-state index in [0.717, 1.165) is 32.1 Å². The van der Waals surface area contributed by atoms with Gasteiger partial charge in [0.15, 0.2) is 0 Å². The first-order valence-corrected chi connectivity index (χ1v) is 9.24. The number of amides is 1. The molecule has 1 aromatic rings. The van der Waals surface area contributed by atoms with Gasteiger partial charge in [-0.2, -0.15) is 0 Å². The van der Waals surface area contributed by atoms with Crippen LogP contribution in [0.15, 0.2) is 18.2 Å². The van der Waals surface area contributed by atoms with E-state index in [-0.39, 0.29) is 30.1 Å². The molecule has 0 radical (unpaired) electrons. The first-order chi connectivity index (χ1) is 12.6. The first kappa shape index (κ1) is 21.4. The third-order valence-electron chi connectivity index (χ3n) is 4.81. The van der Waals surface area contributed by atoms with Gasteiger partial charge in [0.2, 0.25) is 0 Å². The zero-order valence-electron chi connectivity index (χ0n) is 15.3. The minimum atomic E-state index is -0.432. The molecule has 8 nitrogen and oxygen atoms in total. The Labute approximate surface area is 165 Å². The number of likely N-dealkylation sites (tertiary alicyclic amines) is 1. The quantitative estimate of drug-likeness (QED) is 0.395. The lowest BCUT2D eigenvalue weighted by Gasteiger charge is -2.32. The second-order valence-corrected chi connectivity index (χ2v) is 6.91. The Kier molecular flexibility index (Phi) is 7.82. The second-order valence-electron chi connectivity index (χ2n) is 6.91. The summed E-state index contributed by atoms with van der Waals surface area (Å²) in [6.07, 6.45) is 4.61. The molecule has 1 aliphatic carbocycles. The number of nitro benzene ring substituents is 1. The number of anilines is 1. The van der Waals surface area contributed by atoms with Crippen LogP contribution in [0.2, 0.25) is 0 Å². The summed E-state index contributed by atoms with van der Waals surface area (Å²) >= 11 is 0. The molecular weight excluding hydrogens is 372 g/mol. The molecule has 0 aromatic heterocycles. The fraction of sp³-hybridized carbons (Fsp3) is 0.611. The van der Waals surface area contributed by atoms with Gasteiger partial charge in [0.05, 0.1) is 11.0 Å². The molecule has 3 N–H and O–H groups in total. The van der Waals surface area contributed by atoms with Gasteiger partial charge in [-0.15, -0.1) is 12.4 Å². The summed E-state index contributed by atoms with van der Waals surface area (Å²) in [7, 11) is 0. The third-order valence-corrected chi connectivity index (χ3v) is 4.81. The van der Waals surface area contributed by atoms with Crippen molar-refractivity contribution in [3.8, 4) is 0 Å². The number of hydrogen-bond acceptors (Lipinski definition) is 6. The maximum atomic E-state index is 12.7. The average molecular weight is 399 g/mol. The van der Waals surface area contributed by atoms with Crippen molar-refractivity contribution in [2.45, 2.75) is 44.2 Å². The van der Waals surface area contributed by atoms with Gasteiger partial charge >= 0.3 is 0 Å². The van der Waals surface area contributed by atoms with E-state index >= 15 is 0 Å². The average Bonchev–Trinajstić information content (AvgIpc) is 3.46. The standard InChI is InChI=1S/C18H26N4O4.ClH/c19-8-1-11-26-15-6-9-21(10-7-15)18(23)13-2-5-16(20-14-3-4-14)17(12-13)22(24)25;/h2,5,12,14-15,20H,1,3-4,6-11,19H2;1H. The molecule has 2 fully saturated rings. The van der Waals surface area contributed by atoms with E-state index in [0.29, 0.717) is 43.5 Å². The molecule has 1 amide bonds. The van der Waals surface area contributed by atoms with Crippen LogP contribution in [0.4, 0.5) is 11.4 Å². The number of carbonyl (C=O) groups is 1. The number of nitrogens with zero attached hydrogens (tertiary/aromatic N) is 2. The molecule has 1 heterocycles. The summed E-state index contributed by atoms with van der Waals surface area (Å²) in [6, 6.07) is 5.01. The van der Waals surface area contributed by atoms with Gasteiger partial charge in [0.25, 0.3) is 11.6 Å². The summed E-state index contributed by atoms with van der Waals surface area (Å²) in [6.45, 7) is 2.46. The number of halogens is 1. The molecule has 150 valence electrons. The van der Waals surface area contributed by atoms with E-state index in [1.807, 2.05) is 0 Å². The summed E-state index contributed by atoms with van der Waals surface area (Å²) in [4.78, 5) is 25.4. The van der Waals surface area contributed by atoms with Crippen LogP contribution < -0.4 is 11.1 Å². The molecule has 27 heavy (non-hydrogen) atoms. The molecule has 0 bridgehead atoms. The van der Waals surface area contributed by atoms with E-state index in [2.05, 4.69) is 5.32 Å². The van der Waals surface area contributed by atoms with E-state index in [1.54, 1.807) is 17.0 Å². The number of nitro groups is 1. The Hall–Kier alpha value is -1.90. The van der Waals surface area contributed by atoms with E-state index < -0.39 is 4.92 Å². The number of nitrogens with one attached hydrogen (secondary N) is 1. The predicted molar refractivity (Wildman–Crippen MR) is 106 cm³/mol. The van der Waals surface area contributed by atoms with E-state index in [4.69, 9.17) is 10.5 Å². The number of ether oxygens (including phenoxy) is 1. The Morgan fingerprint density at radius 1 is 1.30 bits per heavy atom. The highest BCUT2D eigenvalue weighted by molar-refractivity contribution is 5.95. The molecule has 1 aliphatic heterocycles. The summed E-state index contributed by atoms with van der Waals surface area (Å²) in [5, 5.41) is 14.5. The van der Waals surface area contributed by atoms with Crippen molar-refractivity contribution in [2.75, 3.05) is 31.6 Å². The number of piperidine rings is 1. The largest absolute Gasteiger partial charge is 0.378 e. The van der Waals surface area contributed by atoms with Gasteiger partial charge in [-0.1, -0.05) is 0 Å². The van der Waals surface area contributed by atoms with Crippen molar-refractivity contribution in [3.63, 3.8) is 0 Å². The second kappa shape index (κ2) is 9.87. The summed E-state index contributed by atoms with van der Waals surface area (Å²) < 4.78 is 5.75. The molecule has 0 atom stereocenters. The van der Waals surface area contributed by atoms with Gasteiger partial charge < -0.3 is 20.7 Å². The van der Waals surface area contributed by atoms with Crippen molar-refractivity contribution < 1.29 is 14.5 Å². The third kappa shape index (κ3) is 5.79. The highest BCUT2D eigenvalue weighted by atomic mass is 35.5. The van der Waals surface area contributed by atoms with Crippen molar-refractivity contribution in [3.05, 3.63) is 33.9 Å². The minimum Gasteiger partial charge on any atom is -0.378 e. The van der Waals surface area contributed by atoms with Crippen LogP contribution in [0, 0.1) is 10.1 Å². The summed E-state index contributed by atoms with van der Waals surface area (Å²) in [5.41, 5.74) is 6.27. The van der Waals surface area contributed by atoms with E-state index in [1.165, 1.54) is 6.07 Å². The molecule has 1 saturated heterocycles. The lowest BCUT2D eigenvalue weighted by atomic mass is 10.1. The van der Waals surface area contributed by atoms with Crippen LogP contribution in [-0.4, -0.2) is 54.1 Å². The van der Waals surface area contributed by atoms with Gasteiger partial charge in [-0.05, 0) is 50.8 Å². The topological polar surface area (TPSA) is 111 Å². The number of rotatable bonds is 8. The van der Waals surface area contributed by atoms with Gasteiger partial charge in [0, 0.05) is 37.4 Å². The zero-order valence-corrected chi connectivity index (χ0v) is 16.1. The number of nitrogens with two attached hydrogens (primary N) is 1. The Morgan fingerprint density at radius 2 is 2.00 bits per heavy atom. The van der Waals surface area contributed by atoms with Crippen LogP contribution >= 0.6 is 12.4 Å². The zero-order chi connectivity index (χ0) is 18.5. The van der Waals surface area contributed by atoms with Crippen molar-refractivity contribution in [1.82, 2.24) is 4.90 Å². The van der Waals surface area contributed by atoms with Crippen LogP contribution in [0.5, 0.6) is 0 Å². The fourth-order valence-electron chi connectivity index (χ4n) is 3.13. The molecule has 2 aliphatic rings. The Morgan fingerprint density at radius 3 is 2.59 bits per heavy atom. The van der Waals surface area contributed by atoms with Crippen molar-refractivity contribution in [1.29, 1.82) is 0 Å². The molecule has 1 saturated carbocycles. The molecule has 0 unspecified atom stereocenters.